The summed E-state index contributed by atoms with van der Waals surface area (Å²) in [5, 5.41) is 0. The Hall–Kier alpha value is -0.480. The van der Waals surface area contributed by atoms with E-state index < -0.39 is 22.4 Å². The molecule has 0 spiro atoms. The molecule has 74 valence electrons. The standard InChI is InChI=1S/C7H9Cl2NO3/c1-7(6(8)9)4(5(11)12-2)10-3-13-7/h3-4,6H,1-2H3/t4-,7+/m0/s1. The van der Waals surface area contributed by atoms with Crippen LogP contribution in [-0.2, 0) is 14.3 Å². The SMILES string of the molecule is COC(=O)[C@@H]1N=CO[C@@]1(C)C(Cl)Cl. The lowest BCUT2D eigenvalue weighted by Gasteiger charge is -2.28. The van der Waals surface area contributed by atoms with Crippen molar-refractivity contribution in [3.8, 4) is 0 Å². The molecule has 1 aliphatic heterocycles. The molecule has 1 rings (SSSR count). The molecule has 0 saturated carbocycles. The van der Waals surface area contributed by atoms with Crippen LogP contribution in [0.1, 0.15) is 6.92 Å². The zero-order valence-electron chi connectivity index (χ0n) is 7.16. The van der Waals surface area contributed by atoms with Crippen molar-refractivity contribution < 1.29 is 14.3 Å². The number of nitrogens with zero attached hydrogens (tertiary/aromatic N) is 1. The van der Waals surface area contributed by atoms with Crippen LogP contribution in [0.15, 0.2) is 4.99 Å². The molecule has 0 aliphatic carbocycles. The largest absolute Gasteiger partial charge is 0.472 e. The Balaban J connectivity index is 2.84. The molecule has 0 fully saturated rings. The second kappa shape index (κ2) is 3.72. The van der Waals surface area contributed by atoms with Gasteiger partial charge >= 0.3 is 5.97 Å². The Morgan fingerprint density at radius 1 is 1.77 bits per heavy atom. The van der Waals surface area contributed by atoms with Crippen molar-refractivity contribution in [2.45, 2.75) is 23.4 Å². The number of hydrogen-bond donors (Lipinski definition) is 0. The summed E-state index contributed by atoms with van der Waals surface area (Å²) in [6, 6.07) is -0.794. The molecule has 0 bridgehead atoms. The van der Waals surface area contributed by atoms with Gasteiger partial charge in [0.05, 0.1) is 7.11 Å². The third kappa shape index (κ3) is 1.74. The number of aliphatic imine (C=N–C) groups is 1. The van der Waals surface area contributed by atoms with Gasteiger partial charge in [-0.2, -0.15) is 0 Å². The molecule has 0 N–H and O–H groups in total. The molecule has 0 aromatic carbocycles. The maximum absolute atomic E-state index is 11.2. The van der Waals surface area contributed by atoms with Crippen LogP contribution in [0.25, 0.3) is 0 Å². The lowest BCUT2D eigenvalue weighted by molar-refractivity contribution is -0.145. The van der Waals surface area contributed by atoms with Gasteiger partial charge in [0.25, 0.3) is 0 Å². The topological polar surface area (TPSA) is 47.9 Å². The summed E-state index contributed by atoms with van der Waals surface area (Å²) in [5.74, 6) is -0.512. The van der Waals surface area contributed by atoms with Crippen LogP contribution < -0.4 is 0 Å². The first kappa shape index (κ1) is 10.6. The van der Waals surface area contributed by atoms with E-state index in [4.69, 9.17) is 27.9 Å². The number of methoxy groups -OCH3 is 1. The van der Waals surface area contributed by atoms with Crippen molar-refractivity contribution in [1.29, 1.82) is 0 Å². The van der Waals surface area contributed by atoms with Crippen LogP contribution in [0, 0.1) is 0 Å². The second-order valence-corrected chi connectivity index (χ2v) is 3.88. The highest BCUT2D eigenvalue weighted by atomic mass is 35.5. The molecule has 1 heterocycles. The molecule has 0 aromatic heterocycles. The third-order valence-electron chi connectivity index (χ3n) is 1.92. The fraction of sp³-hybridized carbons (Fsp3) is 0.714. The Kier molecular flexibility index (Phi) is 3.03. The quantitative estimate of drug-likeness (QED) is 0.524. The number of ether oxygens (including phenoxy) is 2. The molecule has 0 amide bonds. The van der Waals surface area contributed by atoms with Gasteiger partial charge in [-0.3, -0.25) is 0 Å². The van der Waals surface area contributed by atoms with Gasteiger partial charge in [0, 0.05) is 0 Å². The van der Waals surface area contributed by atoms with E-state index in [0.29, 0.717) is 0 Å². The molecule has 0 radical (unpaired) electrons. The smallest absolute Gasteiger partial charge is 0.335 e. The van der Waals surface area contributed by atoms with Crippen LogP contribution in [0.4, 0.5) is 0 Å². The predicted octanol–water partition coefficient (Wildman–Crippen LogP) is 1.15. The number of halogens is 2. The molecule has 6 heteroatoms. The number of esters is 1. The Morgan fingerprint density at radius 3 is 2.85 bits per heavy atom. The maximum atomic E-state index is 11.2. The lowest BCUT2D eigenvalue weighted by atomic mass is 10.00. The number of carbonyl (C=O) groups is 1. The summed E-state index contributed by atoms with van der Waals surface area (Å²) in [4.78, 5) is 14.1. The van der Waals surface area contributed by atoms with Crippen molar-refractivity contribution in [3.63, 3.8) is 0 Å². The van der Waals surface area contributed by atoms with Crippen molar-refractivity contribution in [2.24, 2.45) is 4.99 Å². The van der Waals surface area contributed by atoms with Gasteiger partial charge in [-0.15, -0.1) is 23.2 Å². The van der Waals surface area contributed by atoms with Gasteiger partial charge in [-0.25, -0.2) is 9.79 Å². The molecule has 1 aliphatic rings. The van der Waals surface area contributed by atoms with Gasteiger partial charge in [0.15, 0.2) is 18.0 Å². The number of hydrogen-bond acceptors (Lipinski definition) is 4. The summed E-state index contributed by atoms with van der Waals surface area (Å²) in [5.41, 5.74) is -1.03. The van der Waals surface area contributed by atoms with Crippen LogP contribution in [0.5, 0.6) is 0 Å². The third-order valence-corrected chi connectivity index (χ3v) is 2.78. The average molecular weight is 226 g/mol. The van der Waals surface area contributed by atoms with Crippen LogP contribution in [0.2, 0.25) is 0 Å². The minimum Gasteiger partial charge on any atom is -0.472 e. The molecule has 0 unspecified atom stereocenters. The van der Waals surface area contributed by atoms with E-state index in [1.165, 1.54) is 13.5 Å². The fourth-order valence-electron chi connectivity index (χ4n) is 0.995. The van der Waals surface area contributed by atoms with Gasteiger partial charge in [-0.05, 0) is 6.92 Å². The Morgan fingerprint density at radius 2 is 2.38 bits per heavy atom. The van der Waals surface area contributed by atoms with Crippen molar-refractivity contribution in [2.75, 3.05) is 7.11 Å². The van der Waals surface area contributed by atoms with Gasteiger partial charge in [-0.1, -0.05) is 0 Å². The summed E-state index contributed by atoms with van der Waals surface area (Å²) < 4.78 is 9.61. The fourth-order valence-corrected chi connectivity index (χ4v) is 1.34. The first-order chi connectivity index (χ1) is 6.02. The second-order valence-electron chi connectivity index (χ2n) is 2.78. The molecular weight excluding hydrogens is 217 g/mol. The highest BCUT2D eigenvalue weighted by molar-refractivity contribution is 6.45. The van der Waals surface area contributed by atoms with Gasteiger partial charge in [0.1, 0.15) is 4.84 Å². The normalized spacial score (nSPS) is 31.9. The molecule has 0 saturated heterocycles. The van der Waals surface area contributed by atoms with E-state index in [9.17, 15) is 4.79 Å². The number of alkyl halides is 2. The number of rotatable bonds is 2. The van der Waals surface area contributed by atoms with E-state index in [1.54, 1.807) is 6.92 Å². The molecule has 0 aromatic rings. The predicted molar refractivity (Wildman–Crippen MR) is 49.3 cm³/mol. The first-order valence-electron chi connectivity index (χ1n) is 3.58. The van der Waals surface area contributed by atoms with E-state index in [-0.39, 0.29) is 0 Å². The highest BCUT2D eigenvalue weighted by Gasteiger charge is 2.49. The van der Waals surface area contributed by atoms with Crippen molar-refractivity contribution >= 4 is 35.6 Å². The van der Waals surface area contributed by atoms with E-state index in [2.05, 4.69) is 9.73 Å². The van der Waals surface area contributed by atoms with Crippen LogP contribution >= 0.6 is 23.2 Å². The zero-order chi connectivity index (χ0) is 10.1. The van der Waals surface area contributed by atoms with Crippen LogP contribution in [0.3, 0.4) is 0 Å². The van der Waals surface area contributed by atoms with Crippen molar-refractivity contribution in [3.05, 3.63) is 0 Å². The lowest BCUT2D eigenvalue weighted by Crippen LogP contribution is -2.47. The monoisotopic (exact) mass is 225 g/mol. The van der Waals surface area contributed by atoms with Crippen LogP contribution in [-0.4, -0.2) is 36.0 Å². The summed E-state index contributed by atoms with van der Waals surface area (Å²) in [6.45, 7) is 1.60. The molecule has 4 nitrogen and oxygen atoms in total. The minimum absolute atomic E-state index is 0.512. The molecule has 13 heavy (non-hydrogen) atoms. The van der Waals surface area contributed by atoms with E-state index >= 15 is 0 Å². The highest BCUT2D eigenvalue weighted by Crippen LogP contribution is 2.32. The Labute approximate surface area is 85.8 Å². The maximum Gasteiger partial charge on any atom is 0.335 e. The Bertz CT molecular complexity index is 244. The molecule has 2 atom stereocenters. The summed E-state index contributed by atoms with van der Waals surface area (Å²) in [6.07, 6.45) is 1.17. The van der Waals surface area contributed by atoms with Gasteiger partial charge in [0.2, 0.25) is 0 Å². The molecular formula is C7H9Cl2NO3. The van der Waals surface area contributed by atoms with Gasteiger partial charge < -0.3 is 9.47 Å². The van der Waals surface area contributed by atoms with E-state index in [0.717, 1.165) is 0 Å². The average Bonchev–Trinajstić information content (AvgIpc) is 2.47. The zero-order valence-corrected chi connectivity index (χ0v) is 8.67. The minimum atomic E-state index is -1.03. The van der Waals surface area contributed by atoms with E-state index in [1.807, 2.05) is 0 Å². The summed E-state index contributed by atoms with van der Waals surface area (Å²) >= 11 is 11.3. The first-order valence-corrected chi connectivity index (χ1v) is 4.45. The van der Waals surface area contributed by atoms with Crippen molar-refractivity contribution in [1.82, 2.24) is 0 Å². The number of carbonyl (C=O) groups excluding carboxylic acids is 1. The summed E-state index contributed by atoms with van der Waals surface area (Å²) in [7, 11) is 1.27.